The molecule has 108 valence electrons. The summed E-state index contributed by atoms with van der Waals surface area (Å²) in [4.78, 5) is 16.4. The quantitative estimate of drug-likeness (QED) is 0.850. The first-order chi connectivity index (χ1) is 7.81. The second-order valence-corrected chi connectivity index (χ2v) is 4.93. The van der Waals surface area contributed by atoms with Crippen molar-refractivity contribution >= 4 is 30.7 Å². The van der Waals surface area contributed by atoms with Gasteiger partial charge in [0.25, 0.3) is 0 Å². The molecule has 0 aliphatic carbocycles. The number of nitrogens with two attached hydrogens (primary N) is 1. The number of hydrogen-bond donors (Lipinski definition) is 1. The Balaban J connectivity index is 0.00000144. The summed E-state index contributed by atoms with van der Waals surface area (Å²) in [6.07, 6.45) is 5.49. The summed E-state index contributed by atoms with van der Waals surface area (Å²) in [5, 5.41) is 0. The topological polar surface area (TPSA) is 49.6 Å². The van der Waals surface area contributed by atoms with Crippen LogP contribution in [0.5, 0.6) is 0 Å². The molecule has 1 unspecified atom stereocenters. The van der Waals surface area contributed by atoms with E-state index >= 15 is 0 Å². The molecule has 0 saturated carbocycles. The van der Waals surface area contributed by atoms with Crippen LogP contribution < -0.4 is 5.73 Å². The van der Waals surface area contributed by atoms with Crippen LogP contribution in [0.25, 0.3) is 0 Å². The molecule has 2 aliphatic rings. The second-order valence-electron chi connectivity index (χ2n) is 4.93. The molecule has 18 heavy (non-hydrogen) atoms. The lowest BCUT2D eigenvalue weighted by Gasteiger charge is -2.28. The largest absolute Gasteiger partial charge is 0.338 e. The molecule has 2 rings (SSSR count). The van der Waals surface area contributed by atoms with Gasteiger partial charge in [-0.25, -0.2) is 0 Å². The fourth-order valence-corrected chi connectivity index (χ4v) is 2.88. The van der Waals surface area contributed by atoms with Gasteiger partial charge in [0.15, 0.2) is 0 Å². The van der Waals surface area contributed by atoms with Crippen molar-refractivity contribution in [1.29, 1.82) is 0 Å². The van der Waals surface area contributed by atoms with Crippen molar-refractivity contribution in [3.63, 3.8) is 0 Å². The van der Waals surface area contributed by atoms with Gasteiger partial charge in [-0.2, -0.15) is 0 Å². The van der Waals surface area contributed by atoms with Crippen LogP contribution >= 0.6 is 24.8 Å². The number of amides is 1. The van der Waals surface area contributed by atoms with Crippen molar-refractivity contribution < 1.29 is 4.79 Å². The Morgan fingerprint density at radius 3 is 2.39 bits per heavy atom. The number of nitrogens with zero attached hydrogens (tertiary/aromatic N) is 2. The zero-order valence-corrected chi connectivity index (χ0v) is 12.5. The van der Waals surface area contributed by atoms with E-state index in [-0.39, 0.29) is 30.7 Å². The monoisotopic (exact) mass is 297 g/mol. The molecule has 6 heteroatoms. The molecule has 0 radical (unpaired) electrons. The van der Waals surface area contributed by atoms with Gasteiger partial charge in [-0.3, -0.25) is 4.79 Å². The van der Waals surface area contributed by atoms with E-state index in [2.05, 4.69) is 9.80 Å². The highest BCUT2D eigenvalue weighted by atomic mass is 35.5. The minimum atomic E-state index is 0. The predicted molar refractivity (Wildman–Crippen MR) is 78.6 cm³/mol. The van der Waals surface area contributed by atoms with Crippen LogP contribution in [0.15, 0.2) is 0 Å². The summed E-state index contributed by atoms with van der Waals surface area (Å²) in [6.45, 7) is 4.93. The van der Waals surface area contributed by atoms with Crippen molar-refractivity contribution in [3.8, 4) is 0 Å². The average Bonchev–Trinajstić information content (AvgIpc) is 2.90. The highest BCUT2D eigenvalue weighted by Crippen LogP contribution is 2.20. The maximum atomic E-state index is 11.9. The molecule has 1 amide bonds. The van der Waals surface area contributed by atoms with Gasteiger partial charge in [0.1, 0.15) is 0 Å². The number of likely N-dealkylation sites (tertiary alicyclic amines) is 2. The average molecular weight is 298 g/mol. The standard InChI is InChI=1S/C12H23N3O.2ClH/c13-6-5-12(16)15-9-3-4-11(15)10-14-7-1-2-8-14;;/h11H,1-10,13H2;2*1H. The highest BCUT2D eigenvalue weighted by Gasteiger charge is 2.30. The van der Waals surface area contributed by atoms with Crippen LogP contribution in [0.4, 0.5) is 0 Å². The zero-order valence-electron chi connectivity index (χ0n) is 10.8. The third kappa shape index (κ3) is 4.57. The molecule has 2 aliphatic heterocycles. The normalized spacial score (nSPS) is 23.6. The van der Waals surface area contributed by atoms with Crippen molar-refractivity contribution in [2.45, 2.75) is 38.1 Å². The lowest BCUT2D eigenvalue weighted by atomic mass is 10.2. The SMILES string of the molecule is Cl.Cl.NCCC(=O)N1CCCC1CN1CCCC1. The molecular weight excluding hydrogens is 273 g/mol. The number of hydrogen-bond acceptors (Lipinski definition) is 3. The van der Waals surface area contributed by atoms with E-state index in [0.717, 1.165) is 19.5 Å². The van der Waals surface area contributed by atoms with Crippen LogP contribution in [0.3, 0.4) is 0 Å². The number of halogens is 2. The van der Waals surface area contributed by atoms with E-state index in [0.29, 0.717) is 19.0 Å². The maximum Gasteiger partial charge on any atom is 0.224 e. The van der Waals surface area contributed by atoms with Gasteiger partial charge in [0, 0.05) is 32.1 Å². The summed E-state index contributed by atoms with van der Waals surface area (Å²) in [7, 11) is 0. The molecule has 0 aromatic carbocycles. The predicted octanol–water partition coefficient (Wildman–Crippen LogP) is 1.27. The Morgan fingerprint density at radius 2 is 1.78 bits per heavy atom. The molecule has 2 fully saturated rings. The fraction of sp³-hybridized carbons (Fsp3) is 0.917. The Labute approximate surface area is 122 Å². The van der Waals surface area contributed by atoms with E-state index in [1.54, 1.807) is 0 Å². The second kappa shape index (κ2) is 8.97. The van der Waals surface area contributed by atoms with Crippen molar-refractivity contribution in [2.75, 3.05) is 32.7 Å². The van der Waals surface area contributed by atoms with Gasteiger partial charge in [-0.05, 0) is 38.8 Å². The molecule has 0 bridgehead atoms. The van der Waals surface area contributed by atoms with Gasteiger partial charge >= 0.3 is 0 Å². The first-order valence-corrected chi connectivity index (χ1v) is 6.53. The molecule has 2 N–H and O–H groups in total. The van der Waals surface area contributed by atoms with Crippen LogP contribution in [0.1, 0.15) is 32.1 Å². The Bertz CT molecular complexity index is 247. The van der Waals surface area contributed by atoms with Crippen LogP contribution in [0.2, 0.25) is 0 Å². The first kappa shape index (κ1) is 18.0. The van der Waals surface area contributed by atoms with E-state index in [1.807, 2.05) is 0 Å². The highest BCUT2D eigenvalue weighted by molar-refractivity contribution is 5.85. The van der Waals surface area contributed by atoms with Crippen LogP contribution in [-0.4, -0.2) is 54.5 Å². The minimum absolute atomic E-state index is 0. The molecule has 1 atom stereocenters. The molecule has 0 aromatic rings. The van der Waals surface area contributed by atoms with E-state index in [9.17, 15) is 4.79 Å². The molecular formula is C12H25Cl2N3O. The van der Waals surface area contributed by atoms with Crippen molar-refractivity contribution in [1.82, 2.24) is 9.80 Å². The Morgan fingerprint density at radius 1 is 1.11 bits per heavy atom. The van der Waals surface area contributed by atoms with Crippen molar-refractivity contribution in [2.24, 2.45) is 5.73 Å². The maximum absolute atomic E-state index is 11.9. The van der Waals surface area contributed by atoms with Gasteiger partial charge in [-0.1, -0.05) is 0 Å². The molecule has 2 heterocycles. The summed E-state index contributed by atoms with van der Waals surface area (Å²) in [5.41, 5.74) is 5.45. The molecule has 2 saturated heterocycles. The number of carbonyl (C=O) groups is 1. The minimum Gasteiger partial charge on any atom is -0.338 e. The number of rotatable bonds is 4. The smallest absolute Gasteiger partial charge is 0.224 e. The molecule has 0 spiro atoms. The lowest BCUT2D eigenvalue weighted by molar-refractivity contribution is -0.132. The van der Waals surface area contributed by atoms with Crippen LogP contribution in [0, 0.1) is 0 Å². The summed E-state index contributed by atoms with van der Waals surface area (Å²) in [5.74, 6) is 0.254. The molecule has 4 nitrogen and oxygen atoms in total. The van der Waals surface area contributed by atoms with Crippen molar-refractivity contribution in [3.05, 3.63) is 0 Å². The van der Waals surface area contributed by atoms with Gasteiger partial charge in [0.2, 0.25) is 5.91 Å². The van der Waals surface area contributed by atoms with E-state index in [4.69, 9.17) is 5.73 Å². The fourth-order valence-electron chi connectivity index (χ4n) is 2.88. The summed E-state index contributed by atoms with van der Waals surface area (Å²) >= 11 is 0. The number of carbonyl (C=O) groups excluding carboxylic acids is 1. The summed E-state index contributed by atoms with van der Waals surface area (Å²) in [6, 6.07) is 0.456. The van der Waals surface area contributed by atoms with Gasteiger partial charge < -0.3 is 15.5 Å². The van der Waals surface area contributed by atoms with Gasteiger partial charge in [-0.15, -0.1) is 24.8 Å². The van der Waals surface area contributed by atoms with Gasteiger partial charge in [0.05, 0.1) is 0 Å². The van der Waals surface area contributed by atoms with E-state index < -0.39 is 0 Å². The first-order valence-electron chi connectivity index (χ1n) is 6.53. The lowest BCUT2D eigenvalue weighted by Crippen LogP contribution is -2.43. The Kier molecular flexibility index (Phi) is 8.95. The molecule has 0 aromatic heterocycles. The van der Waals surface area contributed by atoms with Crippen LogP contribution in [-0.2, 0) is 4.79 Å². The third-order valence-electron chi connectivity index (χ3n) is 3.72. The Hall–Kier alpha value is -0.0300. The summed E-state index contributed by atoms with van der Waals surface area (Å²) < 4.78 is 0. The zero-order chi connectivity index (χ0) is 11.4. The van der Waals surface area contributed by atoms with E-state index in [1.165, 1.54) is 32.4 Å². The third-order valence-corrected chi connectivity index (χ3v) is 3.72.